The molecule has 0 saturated heterocycles. The van der Waals surface area contributed by atoms with E-state index >= 15 is 0 Å². The number of aromatic nitrogens is 4. The first-order valence-electron chi connectivity index (χ1n) is 10.3. The normalized spacial score (nSPS) is 20.9. The van der Waals surface area contributed by atoms with Crippen LogP contribution in [0.4, 0.5) is 19.0 Å². The molecule has 1 fully saturated rings. The topological polar surface area (TPSA) is 69.7 Å². The van der Waals surface area contributed by atoms with Crippen LogP contribution in [0.25, 0.3) is 22.4 Å². The third kappa shape index (κ3) is 3.41. The van der Waals surface area contributed by atoms with Crippen LogP contribution in [0.15, 0.2) is 42.4 Å². The summed E-state index contributed by atoms with van der Waals surface area (Å²) in [6.45, 7) is 4.89. The zero-order valence-corrected chi connectivity index (χ0v) is 17.3. The van der Waals surface area contributed by atoms with Gasteiger partial charge in [0.1, 0.15) is 11.5 Å². The van der Waals surface area contributed by atoms with E-state index < -0.39 is 11.7 Å². The number of H-pyrrole nitrogens is 1. The molecule has 2 N–H and O–H groups in total. The van der Waals surface area contributed by atoms with Crippen LogP contribution in [0.3, 0.4) is 0 Å². The van der Waals surface area contributed by atoms with Crippen molar-refractivity contribution in [2.24, 2.45) is 5.41 Å². The van der Waals surface area contributed by atoms with Gasteiger partial charge in [0.25, 0.3) is 0 Å². The Kier molecular flexibility index (Phi) is 4.46. The lowest BCUT2D eigenvalue weighted by atomic mass is 9.65. The molecule has 31 heavy (non-hydrogen) atoms. The molecule has 1 aliphatic heterocycles. The number of hydrogen-bond acceptors (Lipinski definition) is 5. The van der Waals surface area contributed by atoms with Crippen molar-refractivity contribution < 1.29 is 13.2 Å². The lowest BCUT2D eigenvalue weighted by molar-refractivity contribution is -0.137. The number of nitrogens with zero attached hydrogens (tertiary/aromatic N) is 4. The zero-order chi connectivity index (χ0) is 21.8. The summed E-state index contributed by atoms with van der Waals surface area (Å²) in [5, 5.41) is 10.8. The molecule has 0 radical (unpaired) electrons. The van der Waals surface area contributed by atoms with Gasteiger partial charge in [-0.2, -0.15) is 18.3 Å². The molecule has 0 spiro atoms. The minimum Gasteiger partial charge on any atom is -0.382 e. The molecule has 1 saturated carbocycles. The Morgan fingerprint density at radius 3 is 2.71 bits per heavy atom. The van der Waals surface area contributed by atoms with Gasteiger partial charge in [-0.25, -0.2) is 9.97 Å². The Bertz CT molecular complexity index is 1160. The molecule has 5 rings (SSSR count). The first-order valence-corrected chi connectivity index (χ1v) is 10.3. The third-order valence-electron chi connectivity index (χ3n) is 6.51. The molecule has 6 nitrogen and oxygen atoms in total. The maximum Gasteiger partial charge on any atom is 0.418 e. The summed E-state index contributed by atoms with van der Waals surface area (Å²) in [6.07, 6.45) is 2.41. The number of rotatable bonds is 3. The Hall–Kier alpha value is -3.10. The van der Waals surface area contributed by atoms with Crippen molar-refractivity contribution in [3.05, 3.63) is 47.9 Å². The van der Waals surface area contributed by atoms with Crippen molar-refractivity contribution in [3.63, 3.8) is 0 Å². The van der Waals surface area contributed by atoms with Gasteiger partial charge < -0.3 is 10.2 Å². The average Bonchev–Trinajstić information content (AvgIpc) is 3.14. The van der Waals surface area contributed by atoms with Gasteiger partial charge in [0.05, 0.1) is 11.3 Å². The number of fused-ring (bicyclic) bond motifs is 1. The lowest BCUT2D eigenvalue weighted by Crippen LogP contribution is -2.55. The first-order chi connectivity index (χ1) is 14.7. The molecule has 3 aromatic rings. The average molecular weight is 428 g/mol. The molecule has 1 aliphatic carbocycles. The molecule has 162 valence electrons. The molecule has 2 aliphatic rings. The van der Waals surface area contributed by atoms with Crippen molar-refractivity contribution in [2.45, 2.75) is 45.3 Å². The van der Waals surface area contributed by atoms with Gasteiger partial charge in [0.2, 0.25) is 0 Å². The number of pyridine rings is 2. The number of halogens is 3. The number of aromatic amines is 1. The predicted molar refractivity (Wildman–Crippen MR) is 112 cm³/mol. The van der Waals surface area contributed by atoms with Crippen LogP contribution in [-0.4, -0.2) is 32.8 Å². The number of hydrogen-bond donors (Lipinski definition) is 2. The van der Waals surface area contributed by atoms with E-state index in [1.807, 2.05) is 18.0 Å². The second-order valence-corrected chi connectivity index (χ2v) is 8.71. The molecule has 0 aromatic carbocycles. The zero-order valence-electron chi connectivity index (χ0n) is 17.3. The van der Waals surface area contributed by atoms with Gasteiger partial charge in [-0.05, 0) is 49.4 Å². The van der Waals surface area contributed by atoms with Crippen LogP contribution in [0.5, 0.6) is 0 Å². The van der Waals surface area contributed by atoms with E-state index in [9.17, 15) is 13.2 Å². The van der Waals surface area contributed by atoms with E-state index in [-0.39, 0.29) is 22.8 Å². The Morgan fingerprint density at radius 1 is 1.19 bits per heavy atom. The predicted octanol–water partition coefficient (Wildman–Crippen LogP) is 4.87. The van der Waals surface area contributed by atoms with Crippen molar-refractivity contribution in [1.29, 1.82) is 0 Å². The monoisotopic (exact) mass is 428 g/mol. The number of allylic oxidation sites excluding steroid dienone is 1. The van der Waals surface area contributed by atoms with E-state index in [1.165, 1.54) is 12.5 Å². The van der Waals surface area contributed by atoms with Crippen molar-refractivity contribution in [3.8, 4) is 11.4 Å². The second kappa shape index (κ2) is 6.96. The molecular weight excluding hydrogens is 405 g/mol. The van der Waals surface area contributed by atoms with Crippen LogP contribution < -0.4 is 10.2 Å². The minimum absolute atomic E-state index is 0.170. The maximum absolute atomic E-state index is 13.8. The summed E-state index contributed by atoms with van der Waals surface area (Å²) >= 11 is 0. The fraction of sp³-hybridized carbons (Fsp3) is 0.409. The van der Waals surface area contributed by atoms with E-state index in [0.29, 0.717) is 23.4 Å². The fourth-order valence-electron chi connectivity index (χ4n) is 4.54. The van der Waals surface area contributed by atoms with Gasteiger partial charge in [0.15, 0.2) is 5.65 Å². The van der Waals surface area contributed by atoms with Crippen LogP contribution in [0.2, 0.25) is 0 Å². The summed E-state index contributed by atoms with van der Waals surface area (Å²) in [5.74, 6) is 0.475. The Balaban J connectivity index is 1.60. The summed E-state index contributed by atoms with van der Waals surface area (Å²) in [5.41, 5.74) is 0.766. The van der Waals surface area contributed by atoms with Gasteiger partial charge in [-0.15, -0.1) is 0 Å². The van der Waals surface area contributed by atoms with E-state index in [4.69, 9.17) is 0 Å². The van der Waals surface area contributed by atoms with Crippen molar-refractivity contribution in [1.82, 2.24) is 25.5 Å². The SMILES string of the molecule is CC1=CN(c2ccc(C(F)(F)F)c(-c3[nH]nc4ncccc34)n2)CC(C2(C)CCC2)N1. The standard InChI is InChI=1S/C22H23F3N6/c1-13-11-31(12-16(27-13)21(2)8-4-9-21)17-7-6-15(22(23,24)25)19(28-17)18-14-5-3-10-26-20(14)30-29-18/h3,5-7,10-11,16,27H,4,8-9,12H2,1-2H3,(H,26,29,30). The molecule has 1 atom stereocenters. The molecule has 3 aromatic heterocycles. The summed E-state index contributed by atoms with van der Waals surface area (Å²) < 4.78 is 41.5. The first kappa shape index (κ1) is 19.8. The molecule has 9 heteroatoms. The van der Waals surface area contributed by atoms with Crippen LogP contribution >= 0.6 is 0 Å². The Labute approximate surface area is 177 Å². The second-order valence-electron chi connectivity index (χ2n) is 8.71. The number of alkyl halides is 3. The lowest BCUT2D eigenvalue weighted by Gasteiger charge is -2.49. The fourth-order valence-corrected chi connectivity index (χ4v) is 4.54. The molecule has 0 bridgehead atoms. The summed E-state index contributed by atoms with van der Waals surface area (Å²) in [7, 11) is 0. The maximum atomic E-state index is 13.8. The summed E-state index contributed by atoms with van der Waals surface area (Å²) in [6, 6.07) is 6.13. The van der Waals surface area contributed by atoms with Gasteiger partial charge in [0, 0.05) is 36.1 Å². The quantitative estimate of drug-likeness (QED) is 0.623. The highest BCUT2D eigenvalue weighted by molar-refractivity contribution is 5.90. The minimum atomic E-state index is -4.54. The largest absolute Gasteiger partial charge is 0.418 e. The van der Waals surface area contributed by atoms with Gasteiger partial charge in [-0.1, -0.05) is 13.3 Å². The molecular formula is C22H23F3N6. The van der Waals surface area contributed by atoms with Crippen LogP contribution in [0, 0.1) is 5.41 Å². The number of anilines is 1. The van der Waals surface area contributed by atoms with E-state index in [0.717, 1.165) is 24.6 Å². The van der Waals surface area contributed by atoms with Crippen molar-refractivity contribution in [2.75, 3.05) is 11.4 Å². The highest BCUT2D eigenvalue weighted by Crippen LogP contribution is 2.45. The third-order valence-corrected chi connectivity index (χ3v) is 6.51. The van der Waals surface area contributed by atoms with E-state index in [1.54, 1.807) is 18.3 Å². The molecule has 0 amide bonds. The highest BCUT2D eigenvalue weighted by atomic mass is 19.4. The van der Waals surface area contributed by atoms with Crippen LogP contribution in [0.1, 0.15) is 38.7 Å². The van der Waals surface area contributed by atoms with Crippen molar-refractivity contribution >= 4 is 16.9 Å². The van der Waals surface area contributed by atoms with E-state index in [2.05, 4.69) is 32.4 Å². The molecule has 4 heterocycles. The summed E-state index contributed by atoms with van der Waals surface area (Å²) in [4.78, 5) is 10.5. The Morgan fingerprint density at radius 2 is 2.00 bits per heavy atom. The smallest absolute Gasteiger partial charge is 0.382 e. The highest BCUT2D eigenvalue weighted by Gasteiger charge is 2.42. The number of nitrogens with one attached hydrogen (secondary N) is 2. The molecule has 1 unspecified atom stereocenters. The van der Waals surface area contributed by atoms with Crippen LogP contribution in [-0.2, 0) is 6.18 Å². The van der Waals surface area contributed by atoms with Gasteiger partial charge >= 0.3 is 6.18 Å². The van der Waals surface area contributed by atoms with Gasteiger partial charge in [-0.3, -0.25) is 5.10 Å².